The second kappa shape index (κ2) is 4.62. The number of rotatable bonds is 3. The van der Waals surface area contributed by atoms with Crippen molar-refractivity contribution >= 4 is 17.2 Å². The molecule has 0 saturated carbocycles. The van der Waals surface area contributed by atoms with Crippen molar-refractivity contribution in [2.75, 3.05) is 6.61 Å². The maximum absolute atomic E-state index is 11.2. The van der Waals surface area contributed by atoms with Crippen molar-refractivity contribution in [1.29, 1.82) is 0 Å². The van der Waals surface area contributed by atoms with Crippen LogP contribution in [0.2, 0.25) is 0 Å². The highest BCUT2D eigenvalue weighted by Crippen LogP contribution is 2.11. The first kappa shape index (κ1) is 10.8. The molecule has 66 valence electrons. The molecule has 0 saturated heterocycles. The third-order valence-electron chi connectivity index (χ3n) is 0.952. The van der Waals surface area contributed by atoms with Crippen LogP contribution in [0.5, 0.6) is 0 Å². The van der Waals surface area contributed by atoms with Gasteiger partial charge in [-0.1, -0.05) is 0 Å². The van der Waals surface area contributed by atoms with Crippen LogP contribution in [0, 0.1) is 0 Å². The lowest BCUT2D eigenvalue weighted by Crippen LogP contribution is -2.19. The predicted octanol–water partition coefficient (Wildman–Crippen LogP) is 0.902. The molecule has 0 aliphatic rings. The van der Waals surface area contributed by atoms with Gasteiger partial charge in [0.15, 0.2) is 0 Å². The van der Waals surface area contributed by atoms with Gasteiger partial charge in [-0.05, 0) is 20.8 Å². The Bertz CT molecular complexity index is 160. The van der Waals surface area contributed by atoms with Crippen LogP contribution >= 0.6 is 0 Å². The van der Waals surface area contributed by atoms with E-state index in [-0.39, 0.29) is 11.4 Å². The molecule has 0 radical (unpaired) electrons. The average Bonchev–Trinajstić information content (AvgIpc) is 1.86. The Morgan fingerprint density at radius 1 is 1.55 bits per heavy atom. The second-order valence-electron chi connectivity index (χ2n) is 3.16. The van der Waals surface area contributed by atoms with E-state index in [0.29, 0.717) is 6.42 Å². The largest absolute Gasteiger partial charge is 0.396 e. The van der Waals surface area contributed by atoms with Gasteiger partial charge in [-0.3, -0.25) is 0 Å². The van der Waals surface area contributed by atoms with Crippen LogP contribution in [0.15, 0.2) is 4.40 Å². The van der Waals surface area contributed by atoms with E-state index in [0.717, 1.165) is 0 Å². The molecule has 0 aliphatic heterocycles. The smallest absolute Gasteiger partial charge is 0.144 e. The number of hydrogen-bond donors (Lipinski definition) is 1. The predicted molar refractivity (Wildman–Crippen MR) is 48.1 cm³/mol. The maximum atomic E-state index is 11.2. The van der Waals surface area contributed by atoms with Gasteiger partial charge >= 0.3 is 0 Å². The van der Waals surface area contributed by atoms with Gasteiger partial charge < -0.3 is 5.11 Å². The van der Waals surface area contributed by atoms with Crippen LogP contribution in [-0.2, 0) is 11.0 Å². The Labute approximate surface area is 70.1 Å². The fraction of sp³-hybridized carbons (Fsp3) is 0.857. The van der Waals surface area contributed by atoms with E-state index in [1.54, 1.807) is 0 Å². The van der Waals surface area contributed by atoms with Crippen LogP contribution in [0.3, 0.4) is 0 Å². The van der Waals surface area contributed by atoms with Crippen molar-refractivity contribution < 1.29 is 9.32 Å². The van der Waals surface area contributed by atoms with Gasteiger partial charge in [0.1, 0.15) is 11.0 Å². The average molecular weight is 177 g/mol. The van der Waals surface area contributed by atoms with Crippen molar-refractivity contribution in [3.05, 3.63) is 0 Å². The molecule has 0 amide bonds. The molecule has 0 heterocycles. The molecule has 0 aromatic carbocycles. The van der Waals surface area contributed by atoms with Crippen molar-refractivity contribution in [2.24, 2.45) is 4.40 Å². The molecule has 4 heteroatoms. The molecule has 1 atom stereocenters. The molecule has 0 unspecified atom stereocenters. The second-order valence-corrected chi connectivity index (χ2v) is 5.10. The summed E-state index contributed by atoms with van der Waals surface area (Å²) in [4.78, 5) is 0. The quantitative estimate of drug-likeness (QED) is 0.651. The number of aliphatic hydroxyl groups excluding tert-OH is 1. The molecule has 11 heavy (non-hydrogen) atoms. The van der Waals surface area contributed by atoms with Gasteiger partial charge in [-0.25, -0.2) is 4.21 Å². The molecule has 0 bridgehead atoms. The van der Waals surface area contributed by atoms with E-state index in [2.05, 4.69) is 4.40 Å². The summed E-state index contributed by atoms with van der Waals surface area (Å²) in [5, 5.41) is 8.39. The number of hydrogen-bond acceptors (Lipinski definition) is 2. The third-order valence-corrected chi connectivity index (χ3v) is 2.34. The van der Waals surface area contributed by atoms with Crippen molar-refractivity contribution in [3.8, 4) is 0 Å². The fourth-order valence-corrected chi connectivity index (χ4v) is 0.893. The lowest BCUT2D eigenvalue weighted by atomic mass is 10.3. The van der Waals surface area contributed by atoms with Gasteiger partial charge in [0.25, 0.3) is 0 Å². The molecule has 0 aromatic heterocycles. The highest BCUT2D eigenvalue weighted by Gasteiger charge is 2.17. The van der Waals surface area contributed by atoms with Crippen LogP contribution in [0.25, 0.3) is 0 Å². The Hall–Kier alpha value is -0.220. The SMILES string of the molecule is CC(C)(C)[S@@](=O)/N=C/CCO. The molecular formula is C7H15NO2S. The summed E-state index contributed by atoms with van der Waals surface area (Å²) in [5.41, 5.74) is 0. The highest BCUT2D eigenvalue weighted by atomic mass is 32.2. The first-order chi connectivity index (χ1) is 4.98. The van der Waals surface area contributed by atoms with E-state index in [1.165, 1.54) is 6.21 Å². The van der Waals surface area contributed by atoms with Gasteiger partial charge in [0.2, 0.25) is 0 Å². The summed E-state index contributed by atoms with van der Waals surface area (Å²) in [6, 6.07) is 0. The van der Waals surface area contributed by atoms with Gasteiger partial charge in [0, 0.05) is 19.2 Å². The van der Waals surface area contributed by atoms with Crippen molar-refractivity contribution in [1.82, 2.24) is 0 Å². The maximum Gasteiger partial charge on any atom is 0.144 e. The Morgan fingerprint density at radius 2 is 2.09 bits per heavy atom. The first-order valence-electron chi connectivity index (χ1n) is 3.54. The van der Waals surface area contributed by atoms with E-state index in [1.807, 2.05) is 20.8 Å². The third kappa shape index (κ3) is 5.09. The minimum atomic E-state index is -1.18. The molecule has 0 spiro atoms. The van der Waals surface area contributed by atoms with Crippen LogP contribution in [-0.4, -0.2) is 26.9 Å². The van der Waals surface area contributed by atoms with Crippen molar-refractivity contribution in [2.45, 2.75) is 31.9 Å². The molecule has 0 aromatic rings. The minimum Gasteiger partial charge on any atom is -0.396 e. The topological polar surface area (TPSA) is 49.7 Å². The molecule has 1 N–H and O–H groups in total. The van der Waals surface area contributed by atoms with Gasteiger partial charge in [-0.15, -0.1) is 0 Å². The zero-order valence-corrected chi connectivity index (χ0v) is 8.02. The summed E-state index contributed by atoms with van der Waals surface area (Å²) in [6.45, 7) is 5.64. The van der Waals surface area contributed by atoms with Crippen LogP contribution in [0.1, 0.15) is 27.2 Å². The normalized spacial score (nSPS) is 15.6. The van der Waals surface area contributed by atoms with Gasteiger partial charge in [-0.2, -0.15) is 4.40 Å². The Kier molecular flexibility index (Phi) is 4.52. The Morgan fingerprint density at radius 3 is 2.45 bits per heavy atom. The zero-order chi connectivity index (χ0) is 8.91. The lowest BCUT2D eigenvalue weighted by Gasteiger charge is -2.12. The summed E-state index contributed by atoms with van der Waals surface area (Å²) in [7, 11) is -1.18. The van der Waals surface area contributed by atoms with E-state index in [4.69, 9.17) is 5.11 Å². The first-order valence-corrected chi connectivity index (χ1v) is 4.64. The molecule has 0 rings (SSSR count). The monoisotopic (exact) mass is 177 g/mol. The molecule has 3 nitrogen and oxygen atoms in total. The fourth-order valence-electron chi connectivity index (χ4n) is 0.336. The summed E-state index contributed by atoms with van der Waals surface area (Å²) in [6.07, 6.45) is 1.98. The van der Waals surface area contributed by atoms with E-state index >= 15 is 0 Å². The van der Waals surface area contributed by atoms with Crippen LogP contribution < -0.4 is 0 Å². The molecule has 0 fully saturated rings. The van der Waals surface area contributed by atoms with E-state index in [9.17, 15) is 4.21 Å². The zero-order valence-electron chi connectivity index (χ0n) is 7.20. The number of nitrogens with zero attached hydrogens (tertiary/aromatic N) is 1. The lowest BCUT2D eigenvalue weighted by molar-refractivity contribution is 0.308. The minimum absolute atomic E-state index is 0.0604. The van der Waals surface area contributed by atoms with Crippen LogP contribution in [0.4, 0.5) is 0 Å². The van der Waals surface area contributed by atoms with Crippen molar-refractivity contribution in [3.63, 3.8) is 0 Å². The summed E-state index contributed by atoms with van der Waals surface area (Å²) in [5.74, 6) is 0. The number of aliphatic hydroxyl groups is 1. The van der Waals surface area contributed by atoms with E-state index < -0.39 is 11.0 Å². The summed E-state index contributed by atoms with van der Waals surface area (Å²) < 4.78 is 14.6. The Balaban J connectivity index is 3.88. The summed E-state index contributed by atoms with van der Waals surface area (Å²) >= 11 is 0. The highest BCUT2D eigenvalue weighted by molar-refractivity contribution is 7.85. The molecular weight excluding hydrogens is 162 g/mol. The standard InChI is InChI=1S/C7H15NO2S/c1-7(2,3)11(10)8-5-4-6-9/h5,9H,4,6H2,1-3H3/b8-5+/t11-/m1/s1. The van der Waals surface area contributed by atoms with Gasteiger partial charge in [0.05, 0.1) is 4.75 Å². The molecule has 0 aliphatic carbocycles.